The third-order valence-electron chi connectivity index (χ3n) is 3.75. The Morgan fingerprint density at radius 1 is 1.45 bits per heavy atom. The van der Waals surface area contributed by atoms with Crippen molar-refractivity contribution in [2.75, 3.05) is 26.3 Å². The second kappa shape index (κ2) is 5.10. The molecule has 0 amide bonds. The van der Waals surface area contributed by atoms with Gasteiger partial charge in [0.05, 0.1) is 26.0 Å². The molecule has 0 unspecified atom stereocenters. The highest BCUT2D eigenvalue weighted by molar-refractivity contribution is 7.89. The van der Waals surface area contributed by atoms with Gasteiger partial charge in [-0.05, 0) is 6.42 Å². The Hall–Kier alpha value is -0.960. The van der Waals surface area contributed by atoms with Crippen LogP contribution < -0.4 is 0 Å². The summed E-state index contributed by atoms with van der Waals surface area (Å²) in [7, 11) is -3.56. The fourth-order valence-electron chi connectivity index (χ4n) is 2.68. The molecule has 1 aromatic heterocycles. The molecule has 2 aliphatic rings. The highest BCUT2D eigenvalue weighted by Crippen LogP contribution is 2.32. The maximum Gasteiger partial charge on any atom is 0.260 e. The predicted molar refractivity (Wildman–Crippen MR) is 70.6 cm³/mol. The molecule has 0 atom stereocenters. The first-order valence-corrected chi connectivity index (χ1v) is 8.32. The van der Waals surface area contributed by atoms with E-state index in [4.69, 9.17) is 9.47 Å². The lowest BCUT2D eigenvalue weighted by molar-refractivity contribution is -0.179. The molecule has 3 rings (SSSR count). The number of aromatic amines is 1. The number of hydrogen-bond donors (Lipinski definition) is 1. The number of imidazole rings is 1. The zero-order valence-electron chi connectivity index (χ0n) is 11.5. The van der Waals surface area contributed by atoms with Crippen molar-refractivity contribution in [3.8, 4) is 0 Å². The second-order valence-electron chi connectivity index (χ2n) is 5.10. The zero-order chi connectivity index (χ0) is 14.2. The molecule has 0 aromatic carbocycles. The Labute approximate surface area is 118 Å². The lowest BCUT2D eigenvalue weighted by Gasteiger charge is -2.37. The van der Waals surface area contributed by atoms with Crippen LogP contribution in [-0.4, -0.2) is 54.8 Å². The summed E-state index contributed by atoms with van der Waals surface area (Å²) in [4.78, 5) is 6.92. The Bertz CT molecular complexity index is 577. The van der Waals surface area contributed by atoms with Gasteiger partial charge in [0.15, 0.2) is 10.8 Å². The molecule has 0 bridgehead atoms. The monoisotopic (exact) mass is 301 g/mol. The van der Waals surface area contributed by atoms with E-state index in [2.05, 4.69) is 9.97 Å². The minimum atomic E-state index is -3.56. The van der Waals surface area contributed by atoms with Crippen molar-refractivity contribution in [1.82, 2.24) is 14.3 Å². The number of aromatic nitrogens is 2. The van der Waals surface area contributed by atoms with Gasteiger partial charge in [-0.2, -0.15) is 4.31 Å². The normalized spacial score (nSPS) is 23.4. The van der Waals surface area contributed by atoms with Crippen LogP contribution >= 0.6 is 0 Å². The summed E-state index contributed by atoms with van der Waals surface area (Å²) in [6, 6.07) is 0. The van der Waals surface area contributed by atoms with Crippen LogP contribution in [0.3, 0.4) is 0 Å². The number of piperidine rings is 1. The van der Waals surface area contributed by atoms with Crippen molar-refractivity contribution in [1.29, 1.82) is 0 Å². The fourth-order valence-corrected chi connectivity index (χ4v) is 4.13. The van der Waals surface area contributed by atoms with Crippen LogP contribution in [0, 0.1) is 0 Å². The summed E-state index contributed by atoms with van der Waals surface area (Å²) in [5.41, 5.74) is 0. The third kappa shape index (κ3) is 2.37. The maximum absolute atomic E-state index is 12.6. The molecule has 1 spiro atoms. The van der Waals surface area contributed by atoms with Crippen molar-refractivity contribution in [3.63, 3.8) is 0 Å². The number of nitrogens with zero attached hydrogens (tertiary/aromatic N) is 2. The molecule has 7 nitrogen and oxygen atoms in total. The van der Waals surface area contributed by atoms with Gasteiger partial charge >= 0.3 is 0 Å². The van der Waals surface area contributed by atoms with Gasteiger partial charge < -0.3 is 14.5 Å². The highest BCUT2D eigenvalue weighted by Gasteiger charge is 2.44. The van der Waals surface area contributed by atoms with Gasteiger partial charge in [0.25, 0.3) is 10.0 Å². The Morgan fingerprint density at radius 2 is 2.20 bits per heavy atom. The fraction of sp³-hybridized carbons (Fsp3) is 0.750. The summed E-state index contributed by atoms with van der Waals surface area (Å²) in [5.74, 6) is -0.0810. The first kappa shape index (κ1) is 14.0. The zero-order valence-corrected chi connectivity index (χ0v) is 12.3. The van der Waals surface area contributed by atoms with Crippen LogP contribution in [0.2, 0.25) is 0 Å². The SMILES string of the molecule is CCc1ncc(S(=O)(=O)N2CCCC3(C2)OCCO3)[nH]1. The van der Waals surface area contributed by atoms with Gasteiger partial charge in [0.1, 0.15) is 5.82 Å². The summed E-state index contributed by atoms with van der Waals surface area (Å²) < 4.78 is 37.9. The number of H-pyrrole nitrogens is 1. The third-order valence-corrected chi connectivity index (χ3v) is 5.51. The predicted octanol–water partition coefficient (Wildman–Crippen LogP) is 0.500. The number of hydrogen-bond acceptors (Lipinski definition) is 5. The first-order chi connectivity index (χ1) is 9.56. The molecule has 3 heterocycles. The van der Waals surface area contributed by atoms with E-state index in [1.54, 1.807) is 0 Å². The van der Waals surface area contributed by atoms with Crippen molar-refractivity contribution in [3.05, 3.63) is 12.0 Å². The van der Waals surface area contributed by atoms with Crippen molar-refractivity contribution < 1.29 is 17.9 Å². The first-order valence-electron chi connectivity index (χ1n) is 6.88. The molecule has 0 radical (unpaired) electrons. The van der Waals surface area contributed by atoms with E-state index in [0.717, 1.165) is 12.8 Å². The Kier molecular flexibility index (Phi) is 3.57. The Balaban J connectivity index is 1.83. The molecular weight excluding hydrogens is 282 g/mol. The number of aryl methyl sites for hydroxylation is 1. The average Bonchev–Trinajstić information content (AvgIpc) is 3.08. The smallest absolute Gasteiger partial charge is 0.260 e. The number of sulfonamides is 1. The van der Waals surface area contributed by atoms with Gasteiger partial charge in [-0.3, -0.25) is 0 Å². The molecular formula is C12H19N3O4S. The minimum absolute atomic E-state index is 0.143. The van der Waals surface area contributed by atoms with E-state index in [-0.39, 0.29) is 11.6 Å². The topological polar surface area (TPSA) is 84.5 Å². The van der Waals surface area contributed by atoms with Crippen LogP contribution in [0.5, 0.6) is 0 Å². The Morgan fingerprint density at radius 3 is 2.85 bits per heavy atom. The molecule has 112 valence electrons. The van der Waals surface area contributed by atoms with E-state index in [1.165, 1.54) is 10.5 Å². The van der Waals surface area contributed by atoms with Crippen molar-refractivity contribution >= 4 is 10.0 Å². The van der Waals surface area contributed by atoms with Gasteiger partial charge in [-0.25, -0.2) is 13.4 Å². The average molecular weight is 301 g/mol. The van der Waals surface area contributed by atoms with Gasteiger partial charge in [0.2, 0.25) is 0 Å². The van der Waals surface area contributed by atoms with E-state index in [0.29, 0.717) is 32.0 Å². The maximum atomic E-state index is 12.6. The van der Waals surface area contributed by atoms with Crippen molar-refractivity contribution in [2.24, 2.45) is 0 Å². The van der Waals surface area contributed by atoms with Crippen LogP contribution in [0.4, 0.5) is 0 Å². The lowest BCUT2D eigenvalue weighted by atomic mass is 10.1. The van der Waals surface area contributed by atoms with Gasteiger partial charge in [-0.15, -0.1) is 0 Å². The molecule has 1 N–H and O–H groups in total. The van der Waals surface area contributed by atoms with Crippen LogP contribution in [0.1, 0.15) is 25.6 Å². The number of ether oxygens (including phenoxy) is 2. The second-order valence-corrected chi connectivity index (χ2v) is 7.00. The molecule has 1 aromatic rings. The molecule has 2 fully saturated rings. The molecule has 0 aliphatic carbocycles. The highest BCUT2D eigenvalue weighted by atomic mass is 32.2. The summed E-state index contributed by atoms with van der Waals surface area (Å²) in [6.07, 6.45) is 3.52. The minimum Gasteiger partial charge on any atom is -0.346 e. The number of rotatable bonds is 3. The standard InChI is InChI=1S/C12H19N3O4S/c1-2-10-13-8-11(14-10)20(16,17)15-5-3-4-12(9-15)18-6-7-19-12/h8H,2-7,9H2,1H3,(H,13,14). The molecule has 0 saturated carbocycles. The van der Waals surface area contributed by atoms with Gasteiger partial charge in [0, 0.05) is 19.4 Å². The summed E-state index contributed by atoms with van der Waals surface area (Å²) in [6.45, 7) is 3.70. The largest absolute Gasteiger partial charge is 0.346 e. The van der Waals surface area contributed by atoms with Crippen LogP contribution in [0.25, 0.3) is 0 Å². The van der Waals surface area contributed by atoms with E-state index >= 15 is 0 Å². The van der Waals surface area contributed by atoms with Gasteiger partial charge in [-0.1, -0.05) is 6.92 Å². The van der Waals surface area contributed by atoms with E-state index in [9.17, 15) is 8.42 Å². The van der Waals surface area contributed by atoms with Crippen LogP contribution in [0.15, 0.2) is 11.2 Å². The molecule has 2 aliphatic heterocycles. The lowest BCUT2D eigenvalue weighted by Crippen LogP contribution is -2.50. The summed E-state index contributed by atoms with van der Waals surface area (Å²) in [5, 5.41) is 0.143. The number of nitrogens with one attached hydrogen (secondary N) is 1. The quantitative estimate of drug-likeness (QED) is 0.879. The molecule has 20 heavy (non-hydrogen) atoms. The van der Waals surface area contributed by atoms with E-state index in [1.807, 2.05) is 6.92 Å². The van der Waals surface area contributed by atoms with Crippen molar-refractivity contribution in [2.45, 2.75) is 37.0 Å². The van der Waals surface area contributed by atoms with Crippen LogP contribution in [-0.2, 0) is 25.9 Å². The molecule has 2 saturated heterocycles. The van der Waals surface area contributed by atoms with E-state index < -0.39 is 15.8 Å². The summed E-state index contributed by atoms with van der Waals surface area (Å²) >= 11 is 0. The molecule has 8 heteroatoms.